The number of hydrogen-bond donors (Lipinski definition) is 1. The number of hydrogen-bond acceptors (Lipinski definition) is 1. The Balaban J connectivity index is 2.75. The average Bonchev–Trinajstić information content (AvgIpc) is 2.18. The minimum absolute atomic E-state index is 0.404. The largest absolute Gasteiger partial charge is 0.356 e. The molecule has 0 spiro atoms. The van der Waals surface area contributed by atoms with Crippen LogP contribution in [0.4, 0.5) is 0 Å². The molecule has 1 aliphatic carbocycles. The molecule has 1 amide bonds. The normalized spacial score (nSPS) is 25.6. The van der Waals surface area contributed by atoms with Crippen LogP contribution in [0.25, 0.3) is 0 Å². The number of carbonyl (C=O) groups excluding carboxylic acids is 1. The van der Waals surface area contributed by atoms with Crippen molar-refractivity contribution in [1.29, 1.82) is 0 Å². The molecule has 1 aliphatic rings. The Morgan fingerprint density at radius 2 is 1.87 bits per heavy atom. The van der Waals surface area contributed by atoms with Crippen LogP contribution in [0, 0.1) is 17.3 Å². The Hall–Kier alpha value is -0.530. The zero-order valence-corrected chi connectivity index (χ0v) is 10.5. The van der Waals surface area contributed by atoms with Gasteiger partial charge in [-0.3, -0.25) is 4.79 Å². The zero-order valence-electron chi connectivity index (χ0n) is 10.5. The highest BCUT2D eigenvalue weighted by Crippen LogP contribution is 2.47. The van der Waals surface area contributed by atoms with Gasteiger partial charge in [0.05, 0.1) is 0 Å². The van der Waals surface area contributed by atoms with E-state index in [0.29, 0.717) is 23.3 Å². The van der Waals surface area contributed by atoms with Gasteiger partial charge in [-0.15, -0.1) is 0 Å². The second kappa shape index (κ2) is 5.00. The van der Waals surface area contributed by atoms with Crippen molar-refractivity contribution in [3.05, 3.63) is 0 Å². The molecule has 0 aliphatic heterocycles. The van der Waals surface area contributed by atoms with Gasteiger partial charge < -0.3 is 5.32 Å². The highest BCUT2D eigenvalue weighted by molar-refractivity contribution is 5.46. The van der Waals surface area contributed by atoms with Crippen LogP contribution in [0.15, 0.2) is 0 Å². The molecule has 2 heteroatoms. The van der Waals surface area contributed by atoms with E-state index in [9.17, 15) is 4.79 Å². The number of carbonyl (C=O) groups is 1. The van der Waals surface area contributed by atoms with Gasteiger partial charge in [0.25, 0.3) is 0 Å². The first kappa shape index (κ1) is 12.5. The molecule has 0 aromatic carbocycles. The molecule has 0 aromatic heterocycles. The summed E-state index contributed by atoms with van der Waals surface area (Å²) >= 11 is 0. The molecule has 88 valence electrons. The summed E-state index contributed by atoms with van der Waals surface area (Å²) in [6.07, 6.45) is 5.74. The highest BCUT2D eigenvalue weighted by Gasteiger charge is 2.41. The Labute approximate surface area is 93.8 Å². The summed E-state index contributed by atoms with van der Waals surface area (Å²) in [6, 6.07) is 0.404. The van der Waals surface area contributed by atoms with E-state index in [1.54, 1.807) is 0 Å². The summed E-state index contributed by atoms with van der Waals surface area (Å²) in [6.45, 7) is 9.29. The number of rotatable bonds is 4. The predicted octanol–water partition coefficient (Wildman–Crippen LogP) is 2.97. The zero-order chi connectivity index (χ0) is 11.5. The molecule has 1 saturated carbocycles. The quantitative estimate of drug-likeness (QED) is 0.712. The second-order valence-corrected chi connectivity index (χ2v) is 5.62. The molecule has 1 atom stereocenters. The summed E-state index contributed by atoms with van der Waals surface area (Å²) < 4.78 is 0. The van der Waals surface area contributed by atoms with Gasteiger partial charge in [0, 0.05) is 6.04 Å². The van der Waals surface area contributed by atoms with Crippen LogP contribution >= 0.6 is 0 Å². The van der Waals surface area contributed by atoms with E-state index in [0.717, 1.165) is 19.3 Å². The van der Waals surface area contributed by atoms with Gasteiger partial charge in [0.1, 0.15) is 0 Å². The van der Waals surface area contributed by atoms with Crippen molar-refractivity contribution in [3.8, 4) is 0 Å². The molecular formula is C13H25NO. The molecule has 0 saturated heterocycles. The van der Waals surface area contributed by atoms with E-state index in [1.165, 1.54) is 12.8 Å². The lowest BCUT2D eigenvalue weighted by atomic mass is 9.60. The molecule has 0 aromatic rings. The van der Waals surface area contributed by atoms with Gasteiger partial charge in [-0.05, 0) is 36.5 Å². The van der Waals surface area contributed by atoms with Crippen LogP contribution < -0.4 is 5.32 Å². The molecule has 0 heterocycles. The van der Waals surface area contributed by atoms with Crippen LogP contribution in [0.2, 0.25) is 0 Å². The molecular weight excluding hydrogens is 186 g/mol. The number of amides is 1. The van der Waals surface area contributed by atoms with Crippen molar-refractivity contribution in [2.45, 2.75) is 59.4 Å². The van der Waals surface area contributed by atoms with Crippen molar-refractivity contribution in [2.75, 3.05) is 0 Å². The molecule has 1 N–H and O–H groups in total. The van der Waals surface area contributed by atoms with Crippen molar-refractivity contribution >= 4 is 6.41 Å². The van der Waals surface area contributed by atoms with Gasteiger partial charge >= 0.3 is 0 Å². The minimum atomic E-state index is 0.404. The molecule has 2 nitrogen and oxygen atoms in total. The van der Waals surface area contributed by atoms with Gasteiger partial charge in [0.15, 0.2) is 0 Å². The fourth-order valence-electron chi connectivity index (χ4n) is 3.29. The summed E-state index contributed by atoms with van der Waals surface area (Å²) in [4.78, 5) is 10.5. The van der Waals surface area contributed by atoms with E-state index < -0.39 is 0 Å². The Bertz CT molecular complexity index is 203. The predicted molar refractivity (Wildman–Crippen MR) is 63.6 cm³/mol. The average molecular weight is 211 g/mol. The molecule has 15 heavy (non-hydrogen) atoms. The van der Waals surface area contributed by atoms with E-state index in [-0.39, 0.29) is 0 Å². The van der Waals surface area contributed by atoms with Crippen LogP contribution in [-0.2, 0) is 4.79 Å². The summed E-state index contributed by atoms with van der Waals surface area (Å²) in [5, 5.41) is 2.97. The lowest BCUT2D eigenvalue weighted by molar-refractivity contribution is -0.110. The Kier molecular flexibility index (Phi) is 4.18. The summed E-state index contributed by atoms with van der Waals surface area (Å²) in [5.74, 6) is 1.41. The van der Waals surface area contributed by atoms with Crippen molar-refractivity contribution in [3.63, 3.8) is 0 Å². The third-order valence-electron chi connectivity index (χ3n) is 4.42. The molecule has 1 fully saturated rings. The molecule has 1 rings (SSSR count). The first-order valence-electron chi connectivity index (χ1n) is 6.22. The standard InChI is InChI=1S/C13H25NO/c1-10(2)13(11(3)4)7-5-6-12(8-13)14-9-15/h9-12H,5-8H2,1-4H3,(H,14,15). The molecule has 0 bridgehead atoms. The minimum Gasteiger partial charge on any atom is -0.356 e. The number of nitrogens with one attached hydrogen (secondary N) is 1. The monoisotopic (exact) mass is 211 g/mol. The Morgan fingerprint density at radius 3 is 2.33 bits per heavy atom. The maximum Gasteiger partial charge on any atom is 0.207 e. The third kappa shape index (κ3) is 2.53. The lowest BCUT2D eigenvalue weighted by Gasteiger charge is -2.47. The topological polar surface area (TPSA) is 29.1 Å². The van der Waals surface area contributed by atoms with Gasteiger partial charge in [-0.1, -0.05) is 34.1 Å². The molecule has 1 unspecified atom stereocenters. The van der Waals surface area contributed by atoms with Gasteiger partial charge in [-0.2, -0.15) is 0 Å². The lowest BCUT2D eigenvalue weighted by Crippen LogP contribution is -2.44. The van der Waals surface area contributed by atoms with Crippen LogP contribution in [0.3, 0.4) is 0 Å². The van der Waals surface area contributed by atoms with Crippen LogP contribution in [0.1, 0.15) is 53.4 Å². The summed E-state index contributed by atoms with van der Waals surface area (Å²) in [7, 11) is 0. The van der Waals surface area contributed by atoms with E-state index in [2.05, 4.69) is 33.0 Å². The fraction of sp³-hybridized carbons (Fsp3) is 0.923. The molecule has 0 radical (unpaired) electrons. The third-order valence-corrected chi connectivity index (χ3v) is 4.42. The second-order valence-electron chi connectivity index (χ2n) is 5.62. The van der Waals surface area contributed by atoms with Crippen LogP contribution in [-0.4, -0.2) is 12.5 Å². The van der Waals surface area contributed by atoms with E-state index in [1.807, 2.05) is 0 Å². The fourth-order valence-corrected chi connectivity index (χ4v) is 3.29. The maximum atomic E-state index is 10.5. The summed E-state index contributed by atoms with van der Waals surface area (Å²) in [5.41, 5.74) is 0.429. The van der Waals surface area contributed by atoms with Crippen LogP contribution in [0.5, 0.6) is 0 Å². The SMILES string of the molecule is CC(C)C1(C(C)C)CCCC(NC=O)C1. The maximum absolute atomic E-state index is 10.5. The van der Waals surface area contributed by atoms with Gasteiger partial charge in [-0.25, -0.2) is 0 Å². The first-order valence-corrected chi connectivity index (χ1v) is 6.22. The van der Waals surface area contributed by atoms with Crippen molar-refractivity contribution in [1.82, 2.24) is 5.32 Å². The van der Waals surface area contributed by atoms with E-state index >= 15 is 0 Å². The first-order chi connectivity index (χ1) is 7.03. The Morgan fingerprint density at radius 1 is 1.27 bits per heavy atom. The van der Waals surface area contributed by atoms with Gasteiger partial charge in [0.2, 0.25) is 6.41 Å². The van der Waals surface area contributed by atoms with Crippen molar-refractivity contribution < 1.29 is 4.79 Å². The smallest absolute Gasteiger partial charge is 0.207 e. The van der Waals surface area contributed by atoms with Crippen molar-refractivity contribution in [2.24, 2.45) is 17.3 Å². The van der Waals surface area contributed by atoms with E-state index in [4.69, 9.17) is 0 Å². The highest BCUT2D eigenvalue weighted by atomic mass is 16.1.